The lowest BCUT2D eigenvalue weighted by Gasteiger charge is -2.27. The highest BCUT2D eigenvalue weighted by atomic mass is 35.5. The van der Waals surface area contributed by atoms with Crippen LogP contribution in [-0.4, -0.2) is 25.0 Å². The van der Waals surface area contributed by atoms with Crippen LogP contribution in [-0.2, 0) is 11.2 Å². The third-order valence-corrected chi connectivity index (χ3v) is 4.58. The third-order valence-electron chi connectivity index (χ3n) is 3.72. The van der Waals surface area contributed by atoms with Crippen molar-refractivity contribution in [3.05, 3.63) is 33.8 Å². The van der Waals surface area contributed by atoms with E-state index in [1.54, 1.807) is 6.07 Å². The number of benzene rings is 1. The van der Waals surface area contributed by atoms with Crippen LogP contribution in [0.15, 0.2) is 18.2 Å². The molecule has 2 N–H and O–H groups in total. The molecule has 0 aromatic heterocycles. The van der Waals surface area contributed by atoms with Crippen LogP contribution < -0.4 is 10.6 Å². The lowest BCUT2D eigenvalue weighted by atomic mass is 9.92. The van der Waals surface area contributed by atoms with Crippen LogP contribution in [0, 0.1) is 5.92 Å². The van der Waals surface area contributed by atoms with Crippen molar-refractivity contribution in [2.24, 2.45) is 5.92 Å². The summed E-state index contributed by atoms with van der Waals surface area (Å²) in [5, 5.41) is 7.49. The number of amides is 1. The first-order chi connectivity index (χ1) is 9.58. The van der Waals surface area contributed by atoms with Crippen LogP contribution in [0.4, 0.5) is 0 Å². The average molecular weight is 352 g/mol. The van der Waals surface area contributed by atoms with E-state index >= 15 is 0 Å². The van der Waals surface area contributed by atoms with E-state index < -0.39 is 0 Å². The summed E-state index contributed by atoms with van der Waals surface area (Å²) < 4.78 is 0. The molecule has 1 aromatic rings. The Morgan fingerprint density at radius 3 is 2.90 bits per heavy atom. The minimum absolute atomic E-state index is 0. The predicted octanol–water partition coefficient (Wildman–Crippen LogP) is 3.46. The van der Waals surface area contributed by atoms with Gasteiger partial charge in [0.15, 0.2) is 0 Å². The Bertz CT molecular complexity index is 482. The zero-order chi connectivity index (χ0) is 14.5. The Labute approximate surface area is 142 Å². The quantitative estimate of drug-likeness (QED) is 0.872. The van der Waals surface area contributed by atoms with E-state index in [-0.39, 0.29) is 24.2 Å². The monoisotopic (exact) mass is 350 g/mol. The van der Waals surface area contributed by atoms with Crippen LogP contribution in [0.25, 0.3) is 0 Å². The fourth-order valence-electron chi connectivity index (χ4n) is 2.58. The van der Waals surface area contributed by atoms with Crippen LogP contribution in [0.2, 0.25) is 10.0 Å². The molecule has 1 amide bonds. The Morgan fingerprint density at radius 2 is 2.19 bits per heavy atom. The maximum atomic E-state index is 12.1. The van der Waals surface area contributed by atoms with Gasteiger partial charge in [0.1, 0.15) is 0 Å². The first-order valence-corrected chi connectivity index (χ1v) is 7.77. The highest BCUT2D eigenvalue weighted by Crippen LogP contribution is 2.25. The molecular weight excluding hydrogens is 331 g/mol. The Balaban J connectivity index is 0.00000220. The number of piperidine rings is 1. The van der Waals surface area contributed by atoms with Crippen molar-refractivity contribution >= 4 is 41.5 Å². The summed E-state index contributed by atoms with van der Waals surface area (Å²) in [7, 11) is 0. The zero-order valence-electron chi connectivity index (χ0n) is 12.0. The van der Waals surface area contributed by atoms with E-state index in [0.29, 0.717) is 29.1 Å². The van der Waals surface area contributed by atoms with Crippen molar-refractivity contribution in [2.45, 2.75) is 32.2 Å². The summed E-state index contributed by atoms with van der Waals surface area (Å²) in [5.74, 6) is 0.276. The topological polar surface area (TPSA) is 41.1 Å². The molecule has 0 radical (unpaired) electrons. The second kappa shape index (κ2) is 8.84. The molecule has 0 saturated carbocycles. The molecule has 0 aliphatic carbocycles. The first-order valence-electron chi connectivity index (χ1n) is 7.02. The van der Waals surface area contributed by atoms with Gasteiger partial charge in [-0.25, -0.2) is 0 Å². The number of carbonyl (C=O) groups is 1. The number of hydrogen-bond acceptors (Lipinski definition) is 2. The van der Waals surface area contributed by atoms with Gasteiger partial charge in [-0.3, -0.25) is 4.79 Å². The number of rotatable bonds is 4. The van der Waals surface area contributed by atoms with Crippen LogP contribution >= 0.6 is 35.6 Å². The van der Waals surface area contributed by atoms with E-state index in [1.165, 1.54) is 0 Å². The first kappa shape index (κ1) is 18.6. The molecule has 0 unspecified atom stereocenters. The molecule has 1 aliphatic rings. The van der Waals surface area contributed by atoms with Gasteiger partial charge in [-0.2, -0.15) is 0 Å². The van der Waals surface area contributed by atoms with E-state index in [2.05, 4.69) is 17.6 Å². The predicted molar refractivity (Wildman–Crippen MR) is 90.6 cm³/mol. The lowest BCUT2D eigenvalue weighted by molar-refractivity contribution is -0.126. The van der Waals surface area contributed by atoms with E-state index in [4.69, 9.17) is 23.2 Å². The van der Waals surface area contributed by atoms with Gasteiger partial charge in [0.2, 0.25) is 5.91 Å². The van der Waals surface area contributed by atoms with Gasteiger partial charge in [-0.1, -0.05) is 35.3 Å². The number of halogens is 3. The maximum absolute atomic E-state index is 12.1. The van der Waals surface area contributed by atoms with Gasteiger partial charge in [0, 0.05) is 18.5 Å². The molecule has 6 heteroatoms. The molecule has 0 bridgehead atoms. The SMILES string of the molecule is C[C@H]1C[C@@H](C(=O)NCCc2cccc(Cl)c2Cl)CCN1.Cl. The molecule has 2 atom stereocenters. The molecule has 1 aliphatic heterocycles. The fourth-order valence-corrected chi connectivity index (χ4v) is 2.99. The van der Waals surface area contributed by atoms with Crippen molar-refractivity contribution in [1.29, 1.82) is 0 Å². The Kier molecular flexibility index (Phi) is 7.82. The van der Waals surface area contributed by atoms with Gasteiger partial charge in [0.25, 0.3) is 0 Å². The standard InChI is InChI=1S/C15H20Cl2N2O.ClH/c1-10-9-12(6-7-18-10)15(20)19-8-5-11-3-2-4-13(16)14(11)17;/h2-4,10,12,18H,5-9H2,1H3,(H,19,20);1H/t10-,12-;/m0./s1. The molecule has 118 valence electrons. The Hall–Kier alpha value is -0.480. The van der Waals surface area contributed by atoms with E-state index in [1.807, 2.05) is 12.1 Å². The molecule has 1 saturated heterocycles. The van der Waals surface area contributed by atoms with Gasteiger partial charge in [-0.05, 0) is 44.4 Å². The van der Waals surface area contributed by atoms with Gasteiger partial charge < -0.3 is 10.6 Å². The number of hydrogen-bond donors (Lipinski definition) is 2. The van der Waals surface area contributed by atoms with Crippen molar-refractivity contribution in [3.8, 4) is 0 Å². The van der Waals surface area contributed by atoms with E-state index in [9.17, 15) is 4.79 Å². The highest BCUT2D eigenvalue weighted by molar-refractivity contribution is 6.42. The second-order valence-corrected chi connectivity index (χ2v) is 6.12. The van der Waals surface area contributed by atoms with Crippen molar-refractivity contribution < 1.29 is 4.79 Å². The zero-order valence-corrected chi connectivity index (χ0v) is 14.3. The van der Waals surface area contributed by atoms with Gasteiger partial charge in [0.05, 0.1) is 10.0 Å². The minimum Gasteiger partial charge on any atom is -0.356 e. The highest BCUT2D eigenvalue weighted by Gasteiger charge is 2.24. The number of nitrogens with one attached hydrogen (secondary N) is 2. The fraction of sp³-hybridized carbons (Fsp3) is 0.533. The molecule has 3 nitrogen and oxygen atoms in total. The summed E-state index contributed by atoms with van der Waals surface area (Å²) in [6.07, 6.45) is 2.52. The summed E-state index contributed by atoms with van der Waals surface area (Å²) in [6, 6.07) is 6.00. The van der Waals surface area contributed by atoms with E-state index in [0.717, 1.165) is 24.9 Å². The summed E-state index contributed by atoms with van der Waals surface area (Å²) in [5.41, 5.74) is 0.971. The summed E-state index contributed by atoms with van der Waals surface area (Å²) in [6.45, 7) is 3.63. The average Bonchev–Trinajstić information content (AvgIpc) is 2.43. The molecular formula is C15H21Cl3N2O. The molecule has 1 aromatic carbocycles. The van der Waals surface area contributed by atoms with Crippen LogP contribution in [0.5, 0.6) is 0 Å². The molecule has 1 fully saturated rings. The smallest absolute Gasteiger partial charge is 0.223 e. The lowest BCUT2D eigenvalue weighted by Crippen LogP contribution is -2.42. The van der Waals surface area contributed by atoms with Gasteiger partial charge >= 0.3 is 0 Å². The molecule has 0 spiro atoms. The summed E-state index contributed by atoms with van der Waals surface area (Å²) >= 11 is 12.1. The van der Waals surface area contributed by atoms with Crippen molar-refractivity contribution in [3.63, 3.8) is 0 Å². The largest absolute Gasteiger partial charge is 0.356 e. The van der Waals surface area contributed by atoms with Crippen LogP contribution in [0.1, 0.15) is 25.3 Å². The van der Waals surface area contributed by atoms with Crippen LogP contribution in [0.3, 0.4) is 0 Å². The molecule has 21 heavy (non-hydrogen) atoms. The second-order valence-electron chi connectivity index (χ2n) is 5.33. The van der Waals surface area contributed by atoms with Crippen molar-refractivity contribution in [2.75, 3.05) is 13.1 Å². The third kappa shape index (κ3) is 5.33. The van der Waals surface area contributed by atoms with Crippen molar-refractivity contribution in [1.82, 2.24) is 10.6 Å². The normalized spacial score (nSPS) is 21.5. The molecule has 2 rings (SSSR count). The molecule has 1 heterocycles. The minimum atomic E-state index is 0. The maximum Gasteiger partial charge on any atom is 0.223 e. The Morgan fingerprint density at radius 1 is 1.43 bits per heavy atom. The number of carbonyl (C=O) groups excluding carboxylic acids is 1. The van der Waals surface area contributed by atoms with Gasteiger partial charge in [-0.15, -0.1) is 12.4 Å². The summed E-state index contributed by atoms with van der Waals surface area (Å²) in [4.78, 5) is 12.1.